The van der Waals surface area contributed by atoms with Gasteiger partial charge >= 0.3 is 11.7 Å². The van der Waals surface area contributed by atoms with Gasteiger partial charge in [-0.15, -0.1) is 0 Å². The lowest BCUT2D eigenvalue weighted by atomic mass is 10.0. The molecule has 0 aliphatic rings. The molecule has 0 aliphatic heterocycles. The first-order valence-electron chi connectivity index (χ1n) is 4.59. The Bertz CT molecular complexity index is 353. The van der Waals surface area contributed by atoms with Gasteiger partial charge in [-0.3, -0.25) is 9.36 Å². The second-order valence-electron chi connectivity index (χ2n) is 3.29. The van der Waals surface area contributed by atoms with Gasteiger partial charge in [-0.05, 0) is 5.92 Å². The molecule has 1 aromatic heterocycles. The van der Waals surface area contributed by atoms with Crippen molar-refractivity contribution in [3.05, 3.63) is 22.9 Å². The molecule has 1 rings (SSSR count). The molecule has 1 aromatic rings. The van der Waals surface area contributed by atoms with Crippen LogP contribution in [-0.4, -0.2) is 20.6 Å². The van der Waals surface area contributed by atoms with Crippen molar-refractivity contribution in [2.75, 3.05) is 0 Å². The van der Waals surface area contributed by atoms with E-state index in [1.54, 1.807) is 12.4 Å². The number of hydrogen-bond donors (Lipinski definition) is 2. The molecular formula is C9H14N2O3. The molecule has 14 heavy (non-hydrogen) atoms. The summed E-state index contributed by atoms with van der Waals surface area (Å²) in [5, 5.41) is 8.62. The number of rotatable bonds is 5. The molecular weight excluding hydrogens is 184 g/mol. The van der Waals surface area contributed by atoms with Gasteiger partial charge in [0.1, 0.15) is 0 Å². The fraction of sp³-hybridized carbons (Fsp3) is 0.556. The van der Waals surface area contributed by atoms with Gasteiger partial charge in [0, 0.05) is 25.4 Å². The number of imidazole rings is 1. The van der Waals surface area contributed by atoms with E-state index < -0.39 is 5.97 Å². The first-order valence-corrected chi connectivity index (χ1v) is 4.59. The summed E-state index contributed by atoms with van der Waals surface area (Å²) in [6, 6.07) is 0. The van der Waals surface area contributed by atoms with Crippen molar-refractivity contribution in [2.24, 2.45) is 5.92 Å². The predicted molar refractivity (Wildman–Crippen MR) is 51.1 cm³/mol. The number of aliphatic carboxylic acids is 1. The van der Waals surface area contributed by atoms with Gasteiger partial charge in [-0.25, -0.2) is 4.79 Å². The first-order chi connectivity index (χ1) is 6.63. The zero-order chi connectivity index (χ0) is 10.6. The Morgan fingerprint density at radius 1 is 1.71 bits per heavy atom. The predicted octanol–water partition coefficient (Wildman–Crippen LogP) is 0.677. The summed E-state index contributed by atoms with van der Waals surface area (Å²) < 4.78 is 1.50. The van der Waals surface area contributed by atoms with Crippen LogP contribution in [0.5, 0.6) is 0 Å². The molecule has 5 heteroatoms. The molecule has 0 bridgehead atoms. The molecule has 78 valence electrons. The highest BCUT2D eigenvalue weighted by Crippen LogP contribution is 2.09. The summed E-state index contributed by atoms with van der Waals surface area (Å²) in [4.78, 5) is 24.1. The number of aromatic amines is 1. The minimum absolute atomic E-state index is 0.0148. The van der Waals surface area contributed by atoms with E-state index in [0.29, 0.717) is 6.54 Å². The maximum absolute atomic E-state index is 11.1. The summed E-state index contributed by atoms with van der Waals surface area (Å²) >= 11 is 0. The van der Waals surface area contributed by atoms with Gasteiger partial charge in [-0.2, -0.15) is 0 Å². The molecule has 1 unspecified atom stereocenters. The van der Waals surface area contributed by atoms with Crippen LogP contribution < -0.4 is 5.69 Å². The van der Waals surface area contributed by atoms with E-state index >= 15 is 0 Å². The minimum Gasteiger partial charge on any atom is -0.481 e. The Morgan fingerprint density at radius 3 is 2.86 bits per heavy atom. The molecule has 1 atom stereocenters. The Labute approximate surface area is 81.4 Å². The van der Waals surface area contributed by atoms with Crippen LogP contribution >= 0.6 is 0 Å². The minimum atomic E-state index is -0.819. The molecule has 0 saturated heterocycles. The van der Waals surface area contributed by atoms with Gasteiger partial charge in [0.15, 0.2) is 0 Å². The van der Waals surface area contributed by atoms with Crippen molar-refractivity contribution in [1.29, 1.82) is 0 Å². The molecule has 1 heterocycles. The maximum atomic E-state index is 11.1. The van der Waals surface area contributed by atoms with E-state index in [9.17, 15) is 9.59 Å². The number of hydrogen-bond acceptors (Lipinski definition) is 2. The number of carboxylic acid groups (broad SMARTS) is 1. The third-order valence-corrected chi connectivity index (χ3v) is 2.22. The molecule has 5 nitrogen and oxygen atoms in total. The van der Waals surface area contributed by atoms with Gasteiger partial charge in [0.2, 0.25) is 0 Å². The summed E-state index contributed by atoms with van der Waals surface area (Å²) in [6.45, 7) is 2.39. The van der Waals surface area contributed by atoms with E-state index in [0.717, 1.165) is 6.42 Å². The number of aromatic nitrogens is 2. The molecule has 0 aliphatic carbocycles. The van der Waals surface area contributed by atoms with E-state index in [1.165, 1.54) is 4.57 Å². The Morgan fingerprint density at radius 2 is 2.43 bits per heavy atom. The Kier molecular flexibility index (Phi) is 3.50. The monoisotopic (exact) mass is 198 g/mol. The summed E-state index contributed by atoms with van der Waals surface area (Å²) in [5.41, 5.74) is -0.186. The largest absolute Gasteiger partial charge is 0.481 e. The van der Waals surface area contributed by atoms with Crippen molar-refractivity contribution < 1.29 is 9.90 Å². The lowest BCUT2D eigenvalue weighted by Crippen LogP contribution is -2.22. The van der Waals surface area contributed by atoms with Crippen molar-refractivity contribution in [2.45, 2.75) is 26.3 Å². The number of carboxylic acids is 1. The second kappa shape index (κ2) is 4.64. The normalized spacial score (nSPS) is 12.6. The lowest BCUT2D eigenvalue weighted by molar-refractivity contribution is -0.138. The molecule has 0 amide bonds. The zero-order valence-corrected chi connectivity index (χ0v) is 8.06. The second-order valence-corrected chi connectivity index (χ2v) is 3.29. The highest BCUT2D eigenvalue weighted by molar-refractivity contribution is 5.66. The van der Waals surface area contributed by atoms with Crippen molar-refractivity contribution in [3.8, 4) is 0 Å². The van der Waals surface area contributed by atoms with Crippen LogP contribution in [0, 0.1) is 5.92 Å². The third kappa shape index (κ3) is 2.76. The summed E-state index contributed by atoms with van der Waals surface area (Å²) in [5.74, 6) is -0.804. The number of carbonyl (C=O) groups is 1. The van der Waals surface area contributed by atoms with Crippen LogP contribution in [0.4, 0.5) is 0 Å². The lowest BCUT2D eigenvalue weighted by Gasteiger charge is -2.11. The van der Waals surface area contributed by atoms with Crippen LogP contribution in [0.15, 0.2) is 17.2 Å². The Hall–Kier alpha value is -1.52. The van der Waals surface area contributed by atoms with Crippen LogP contribution in [-0.2, 0) is 11.3 Å². The fourth-order valence-electron chi connectivity index (χ4n) is 1.36. The molecule has 0 spiro atoms. The van der Waals surface area contributed by atoms with E-state index in [1.807, 2.05) is 6.92 Å². The highest BCUT2D eigenvalue weighted by atomic mass is 16.4. The number of nitrogens with zero attached hydrogens (tertiary/aromatic N) is 1. The fourth-order valence-corrected chi connectivity index (χ4v) is 1.36. The first kappa shape index (κ1) is 10.6. The van der Waals surface area contributed by atoms with Crippen molar-refractivity contribution in [1.82, 2.24) is 9.55 Å². The zero-order valence-electron chi connectivity index (χ0n) is 8.06. The van der Waals surface area contributed by atoms with Gasteiger partial charge < -0.3 is 10.1 Å². The van der Waals surface area contributed by atoms with E-state index in [4.69, 9.17) is 5.11 Å². The maximum Gasteiger partial charge on any atom is 0.325 e. The number of nitrogens with one attached hydrogen (secondary N) is 1. The van der Waals surface area contributed by atoms with Gasteiger partial charge in [0.25, 0.3) is 0 Å². The SMILES string of the molecule is CCC(CC(=O)O)Cn1cc[nH]c1=O. The Balaban J connectivity index is 2.61. The van der Waals surface area contributed by atoms with Crippen LogP contribution in [0.25, 0.3) is 0 Å². The van der Waals surface area contributed by atoms with Crippen molar-refractivity contribution in [3.63, 3.8) is 0 Å². The van der Waals surface area contributed by atoms with Crippen LogP contribution in [0.3, 0.4) is 0 Å². The standard InChI is InChI=1S/C9H14N2O3/c1-2-7(5-8(12)13)6-11-4-3-10-9(11)14/h3-4,7H,2,5-6H2,1H3,(H,10,14)(H,12,13). The molecule has 2 N–H and O–H groups in total. The number of H-pyrrole nitrogens is 1. The van der Waals surface area contributed by atoms with Crippen molar-refractivity contribution >= 4 is 5.97 Å². The van der Waals surface area contributed by atoms with E-state index in [-0.39, 0.29) is 18.0 Å². The molecule has 0 fully saturated rings. The van der Waals surface area contributed by atoms with Gasteiger partial charge in [0.05, 0.1) is 0 Å². The molecule has 0 aromatic carbocycles. The third-order valence-electron chi connectivity index (χ3n) is 2.22. The van der Waals surface area contributed by atoms with Gasteiger partial charge in [-0.1, -0.05) is 13.3 Å². The van der Waals surface area contributed by atoms with Crippen LogP contribution in [0.2, 0.25) is 0 Å². The topological polar surface area (TPSA) is 75.1 Å². The average molecular weight is 198 g/mol. The quantitative estimate of drug-likeness (QED) is 0.730. The van der Waals surface area contributed by atoms with Crippen LogP contribution in [0.1, 0.15) is 19.8 Å². The summed E-state index contributed by atoms with van der Waals surface area (Å²) in [6.07, 6.45) is 4.04. The molecule has 0 radical (unpaired) electrons. The average Bonchev–Trinajstić information content (AvgIpc) is 2.50. The summed E-state index contributed by atoms with van der Waals surface area (Å²) in [7, 11) is 0. The smallest absolute Gasteiger partial charge is 0.325 e. The molecule has 0 saturated carbocycles. The highest BCUT2D eigenvalue weighted by Gasteiger charge is 2.12. The van der Waals surface area contributed by atoms with E-state index in [2.05, 4.69) is 4.98 Å².